The summed E-state index contributed by atoms with van der Waals surface area (Å²) in [6.45, 7) is 14.2. The fraction of sp³-hybridized carbons (Fsp3) is 0.323. The van der Waals surface area contributed by atoms with Crippen LogP contribution in [0.2, 0.25) is 5.02 Å². The van der Waals surface area contributed by atoms with Gasteiger partial charge in [0.25, 0.3) is 0 Å². The minimum atomic E-state index is -0.745. The Hall–Kier alpha value is -3.78. The Bertz CT molecular complexity index is 1680. The second-order valence-electron chi connectivity index (χ2n) is 10.0. The van der Waals surface area contributed by atoms with Crippen molar-refractivity contribution >= 4 is 54.7 Å². The zero-order valence-electron chi connectivity index (χ0n) is 23.9. The monoisotopic (exact) mass is 610 g/mol. The van der Waals surface area contributed by atoms with Gasteiger partial charge in [-0.1, -0.05) is 36.7 Å². The van der Waals surface area contributed by atoms with Gasteiger partial charge in [-0.2, -0.15) is 15.2 Å². The van der Waals surface area contributed by atoms with E-state index in [1.807, 2.05) is 24.9 Å². The van der Waals surface area contributed by atoms with E-state index in [1.54, 1.807) is 18.2 Å². The van der Waals surface area contributed by atoms with Crippen LogP contribution in [0.25, 0.3) is 32.1 Å². The highest BCUT2D eigenvalue weighted by molar-refractivity contribution is 7.23. The molecular weight excluding hydrogens is 578 g/mol. The predicted octanol–water partition coefficient (Wildman–Crippen LogP) is 7.57. The summed E-state index contributed by atoms with van der Waals surface area (Å²) in [5.74, 6) is -0.876. The maximum absolute atomic E-state index is 16.7. The minimum Gasteiger partial charge on any atom is -0.459 e. The van der Waals surface area contributed by atoms with Crippen LogP contribution in [0.4, 0.5) is 19.6 Å². The molecule has 0 aliphatic heterocycles. The second-order valence-corrected chi connectivity index (χ2v) is 11.5. The molecule has 0 amide bonds. The quantitative estimate of drug-likeness (QED) is 0.156. The molecule has 1 unspecified atom stereocenters. The van der Waals surface area contributed by atoms with Gasteiger partial charge in [-0.25, -0.2) is 8.78 Å². The normalized spacial score (nSPS) is 12.0. The first-order valence-electron chi connectivity index (χ1n) is 13.6. The molecule has 0 spiro atoms. The molecule has 2 aromatic carbocycles. The molecule has 0 radical (unpaired) electrons. The highest BCUT2D eigenvalue weighted by atomic mass is 35.5. The lowest BCUT2D eigenvalue weighted by atomic mass is 9.97. The summed E-state index contributed by atoms with van der Waals surface area (Å²) >= 11 is 7.69. The van der Waals surface area contributed by atoms with Crippen LogP contribution in [0, 0.1) is 23.0 Å². The molecule has 0 aliphatic carbocycles. The summed E-state index contributed by atoms with van der Waals surface area (Å²) < 4.78 is 37.7. The number of aromatic nitrogens is 2. The van der Waals surface area contributed by atoms with E-state index in [0.29, 0.717) is 37.3 Å². The van der Waals surface area contributed by atoms with Crippen LogP contribution in [-0.2, 0) is 0 Å². The maximum Gasteiger partial charge on any atom is 0.319 e. The molecule has 2 N–H and O–H groups in total. The van der Waals surface area contributed by atoms with Crippen LogP contribution in [-0.4, -0.2) is 54.2 Å². The van der Waals surface area contributed by atoms with Crippen molar-refractivity contribution in [3.05, 3.63) is 65.7 Å². The van der Waals surface area contributed by atoms with Gasteiger partial charge in [0.15, 0.2) is 5.82 Å². The van der Waals surface area contributed by atoms with Gasteiger partial charge in [-0.15, -0.1) is 24.5 Å². The summed E-state index contributed by atoms with van der Waals surface area (Å²) in [6.07, 6.45) is 4.87. The van der Waals surface area contributed by atoms with Crippen molar-refractivity contribution in [1.82, 2.24) is 14.9 Å². The van der Waals surface area contributed by atoms with E-state index < -0.39 is 11.6 Å². The molecule has 4 rings (SSSR count). The van der Waals surface area contributed by atoms with Crippen molar-refractivity contribution in [2.24, 2.45) is 0 Å². The van der Waals surface area contributed by atoms with E-state index in [0.717, 1.165) is 24.3 Å². The summed E-state index contributed by atoms with van der Waals surface area (Å²) in [4.78, 5) is 13.3. The number of anilines is 2. The van der Waals surface area contributed by atoms with Crippen molar-refractivity contribution in [2.75, 3.05) is 43.9 Å². The Labute approximate surface area is 253 Å². The third-order valence-corrected chi connectivity index (χ3v) is 8.10. The van der Waals surface area contributed by atoms with Gasteiger partial charge < -0.3 is 20.3 Å². The number of thiophene rings is 1. The number of likely N-dealkylation sites (N-methyl/N-ethyl adjacent to an activating group) is 1. The fourth-order valence-electron chi connectivity index (χ4n) is 5.03. The van der Waals surface area contributed by atoms with E-state index in [1.165, 1.54) is 12.1 Å². The Morgan fingerprint density at radius 2 is 2.00 bits per heavy atom. The first kappa shape index (κ1) is 31.2. The van der Waals surface area contributed by atoms with E-state index >= 15 is 4.39 Å². The summed E-state index contributed by atoms with van der Waals surface area (Å²) in [6, 6.07) is 6.24. The zero-order chi connectivity index (χ0) is 30.6. The van der Waals surface area contributed by atoms with Crippen LogP contribution < -0.4 is 15.4 Å². The van der Waals surface area contributed by atoms with Crippen molar-refractivity contribution < 1.29 is 13.5 Å². The summed E-state index contributed by atoms with van der Waals surface area (Å²) in [7, 11) is 2.00. The smallest absolute Gasteiger partial charge is 0.319 e. The first-order chi connectivity index (χ1) is 20.1. The van der Waals surface area contributed by atoms with Gasteiger partial charge in [-0.05, 0) is 51.1 Å². The molecule has 2 heterocycles. The molecular formula is C31H33ClF2N6OS. The van der Waals surface area contributed by atoms with Gasteiger partial charge in [0, 0.05) is 36.0 Å². The lowest BCUT2D eigenvalue weighted by Crippen LogP contribution is -2.32. The number of fused-ring (bicyclic) bond motifs is 2. The molecule has 0 saturated heterocycles. The van der Waals surface area contributed by atoms with Crippen molar-refractivity contribution in [2.45, 2.75) is 32.8 Å². The maximum atomic E-state index is 16.7. The van der Waals surface area contributed by atoms with Crippen molar-refractivity contribution in [1.29, 1.82) is 5.26 Å². The van der Waals surface area contributed by atoms with Gasteiger partial charge >= 0.3 is 6.01 Å². The first-order valence-corrected chi connectivity index (χ1v) is 14.8. The van der Waals surface area contributed by atoms with E-state index in [2.05, 4.69) is 30.0 Å². The van der Waals surface area contributed by atoms with E-state index in [9.17, 15) is 9.65 Å². The molecule has 4 aromatic rings. The molecule has 0 fully saturated rings. The Kier molecular flexibility index (Phi) is 9.99. The number of halogens is 3. The lowest BCUT2D eigenvalue weighted by Gasteiger charge is -2.25. The number of hydrogen-bond acceptors (Lipinski definition) is 8. The molecule has 7 nitrogen and oxygen atoms in total. The number of nitrogen functional groups attached to an aromatic ring is 1. The Morgan fingerprint density at radius 3 is 2.67 bits per heavy atom. The van der Waals surface area contributed by atoms with Crippen LogP contribution in [0.3, 0.4) is 0 Å². The van der Waals surface area contributed by atoms with Gasteiger partial charge in [0.1, 0.15) is 34.3 Å². The van der Waals surface area contributed by atoms with Gasteiger partial charge in [0.2, 0.25) is 0 Å². The van der Waals surface area contributed by atoms with Crippen LogP contribution >= 0.6 is 22.9 Å². The molecule has 42 heavy (non-hydrogen) atoms. The molecule has 0 bridgehead atoms. The number of ether oxygens (including phenoxy) is 1. The van der Waals surface area contributed by atoms with Crippen molar-refractivity contribution in [3.63, 3.8) is 0 Å². The topological polar surface area (TPSA) is 91.3 Å². The van der Waals surface area contributed by atoms with E-state index in [4.69, 9.17) is 27.1 Å². The number of benzene rings is 2. The SMILES string of the molecule is C=CCCN(CC=C)c1nc(OC(C)CN(C)CCC)nc2c(F)c(-c3ccc(F)c4sc(N)c(C#N)c34)c(Cl)cc12. The lowest BCUT2D eigenvalue weighted by molar-refractivity contribution is 0.151. The Balaban J connectivity index is 1.98. The highest BCUT2D eigenvalue weighted by Gasteiger charge is 2.26. The molecule has 11 heteroatoms. The molecule has 0 saturated carbocycles. The molecule has 2 aromatic heterocycles. The fourth-order valence-corrected chi connectivity index (χ4v) is 6.27. The number of rotatable bonds is 13. The zero-order valence-corrected chi connectivity index (χ0v) is 25.5. The molecule has 1 atom stereocenters. The number of nitrogens with zero attached hydrogens (tertiary/aromatic N) is 5. The third kappa shape index (κ3) is 6.19. The summed E-state index contributed by atoms with van der Waals surface area (Å²) in [5.41, 5.74) is 6.30. The third-order valence-electron chi connectivity index (χ3n) is 6.77. The average Bonchev–Trinajstić information content (AvgIpc) is 3.29. The minimum absolute atomic E-state index is 0.0106. The Morgan fingerprint density at radius 1 is 1.24 bits per heavy atom. The van der Waals surface area contributed by atoms with Gasteiger partial charge in [0.05, 0.1) is 15.3 Å². The standard InChI is InChI=1S/C31H33ClF2N6OS/c1-6-9-14-40(13-8-3)30-20-15-22(32)25(19-10-11-23(33)28-24(19)21(16-35)29(36)42-28)26(34)27(20)37-31(38-30)41-18(4)17-39(5)12-7-2/h6,8,10-11,15,18H,1,3,7,9,12-14,17,36H2,2,4-5H3. The number of nitriles is 1. The predicted molar refractivity (Wildman–Crippen MR) is 170 cm³/mol. The van der Waals surface area contributed by atoms with Crippen LogP contribution in [0.5, 0.6) is 6.01 Å². The second kappa shape index (κ2) is 13.5. The van der Waals surface area contributed by atoms with Crippen LogP contribution in [0.15, 0.2) is 43.5 Å². The average molecular weight is 611 g/mol. The molecule has 220 valence electrons. The van der Waals surface area contributed by atoms with Crippen LogP contribution in [0.1, 0.15) is 32.3 Å². The van der Waals surface area contributed by atoms with E-state index in [-0.39, 0.29) is 54.4 Å². The summed E-state index contributed by atoms with van der Waals surface area (Å²) in [5, 5.41) is 10.6. The highest BCUT2D eigenvalue weighted by Crippen LogP contribution is 2.45. The number of hydrogen-bond donors (Lipinski definition) is 1. The largest absolute Gasteiger partial charge is 0.459 e. The molecule has 0 aliphatic rings. The van der Waals surface area contributed by atoms with Gasteiger partial charge in [-0.3, -0.25) is 0 Å². The van der Waals surface area contributed by atoms with Crippen molar-refractivity contribution in [3.8, 4) is 23.2 Å². The number of nitrogens with two attached hydrogens (primary N) is 1.